The molecular formula is C19H35N5O6. The van der Waals surface area contributed by atoms with E-state index < -0.39 is 60.2 Å². The molecular weight excluding hydrogens is 394 g/mol. The minimum Gasteiger partial charge on any atom is -0.480 e. The van der Waals surface area contributed by atoms with E-state index in [0.717, 1.165) is 0 Å². The molecule has 5 atom stereocenters. The fourth-order valence-electron chi connectivity index (χ4n) is 2.56. The van der Waals surface area contributed by atoms with Crippen molar-refractivity contribution in [3.8, 4) is 0 Å². The fraction of sp³-hybridized carbons (Fsp3) is 0.737. The highest BCUT2D eigenvalue weighted by Gasteiger charge is 2.30. The van der Waals surface area contributed by atoms with Crippen molar-refractivity contribution in [3.63, 3.8) is 0 Å². The first-order chi connectivity index (χ1) is 13.8. The number of amides is 4. The Morgan fingerprint density at radius 1 is 0.867 bits per heavy atom. The van der Waals surface area contributed by atoms with Gasteiger partial charge in [-0.25, -0.2) is 4.79 Å². The van der Waals surface area contributed by atoms with Crippen LogP contribution in [0.4, 0.5) is 0 Å². The van der Waals surface area contributed by atoms with Gasteiger partial charge in [-0.3, -0.25) is 19.2 Å². The molecule has 0 aromatic rings. The zero-order valence-corrected chi connectivity index (χ0v) is 18.2. The number of primary amides is 1. The van der Waals surface area contributed by atoms with E-state index in [1.54, 1.807) is 6.92 Å². The average molecular weight is 430 g/mol. The van der Waals surface area contributed by atoms with Crippen LogP contribution in [0, 0.1) is 11.8 Å². The van der Waals surface area contributed by atoms with Gasteiger partial charge in [0.15, 0.2) is 0 Å². The molecule has 0 aliphatic carbocycles. The summed E-state index contributed by atoms with van der Waals surface area (Å²) >= 11 is 0. The molecule has 11 nitrogen and oxygen atoms in total. The molecule has 0 bridgehead atoms. The van der Waals surface area contributed by atoms with Crippen LogP contribution in [0.5, 0.6) is 0 Å². The summed E-state index contributed by atoms with van der Waals surface area (Å²) < 4.78 is 0. The van der Waals surface area contributed by atoms with Gasteiger partial charge in [0.25, 0.3) is 0 Å². The summed E-state index contributed by atoms with van der Waals surface area (Å²) in [5.74, 6) is -4.28. The van der Waals surface area contributed by atoms with Crippen molar-refractivity contribution >= 4 is 29.6 Å². The Kier molecular flexibility index (Phi) is 11.6. The predicted octanol–water partition coefficient (Wildman–Crippen LogP) is -1.16. The number of nitrogens with two attached hydrogens (primary N) is 2. The van der Waals surface area contributed by atoms with Gasteiger partial charge >= 0.3 is 5.97 Å². The number of carboxylic acids is 1. The number of hydrogen-bond donors (Lipinski definition) is 6. The average Bonchev–Trinajstić information content (AvgIpc) is 2.64. The van der Waals surface area contributed by atoms with E-state index >= 15 is 0 Å². The topological polar surface area (TPSA) is 194 Å². The van der Waals surface area contributed by atoms with Crippen LogP contribution in [0.2, 0.25) is 0 Å². The second kappa shape index (κ2) is 12.8. The van der Waals surface area contributed by atoms with Crippen molar-refractivity contribution in [2.45, 2.75) is 78.0 Å². The molecule has 0 aliphatic rings. The van der Waals surface area contributed by atoms with Crippen molar-refractivity contribution in [2.24, 2.45) is 23.3 Å². The van der Waals surface area contributed by atoms with E-state index in [1.165, 1.54) is 6.92 Å². The maximum Gasteiger partial charge on any atom is 0.326 e. The van der Waals surface area contributed by atoms with Crippen LogP contribution in [0.15, 0.2) is 0 Å². The van der Waals surface area contributed by atoms with Gasteiger partial charge in [-0.1, -0.05) is 34.1 Å². The third-order valence-electron chi connectivity index (χ3n) is 4.67. The van der Waals surface area contributed by atoms with Gasteiger partial charge in [0.05, 0.1) is 12.5 Å². The lowest BCUT2D eigenvalue weighted by atomic mass is 9.99. The first kappa shape index (κ1) is 27.3. The van der Waals surface area contributed by atoms with E-state index in [2.05, 4.69) is 16.0 Å². The van der Waals surface area contributed by atoms with Crippen LogP contribution in [0.3, 0.4) is 0 Å². The number of nitrogens with one attached hydrogen (secondary N) is 3. The number of hydrogen-bond acceptors (Lipinski definition) is 6. The molecule has 0 radical (unpaired) electrons. The molecule has 0 fully saturated rings. The second-order valence-electron chi connectivity index (χ2n) is 7.90. The van der Waals surface area contributed by atoms with Crippen LogP contribution in [0.25, 0.3) is 0 Å². The smallest absolute Gasteiger partial charge is 0.326 e. The summed E-state index contributed by atoms with van der Waals surface area (Å²) in [6.07, 6.45) is 0.374. The van der Waals surface area contributed by atoms with Crippen LogP contribution in [0.1, 0.15) is 53.9 Å². The van der Waals surface area contributed by atoms with Gasteiger partial charge in [-0.05, 0) is 25.2 Å². The molecule has 0 rings (SSSR count). The highest BCUT2D eigenvalue weighted by molar-refractivity contribution is 5.96. The highest BCUT2D eigenvalue weighted by Crippen LogP contribution is 2.07. The van der Waals surface area contributed by atoms with E-state index in [4.69, 9.17) is 11.5 Å². The fourth-order valence-corrected chi connectivity index (χ4v) is 2.56. The molecule has 0 aliphatic heterocycles. The first-order valence-corrected chi connectivity index (χ1v) is 9.97. The van der Waals surface area contributed by atoms with Gasteiger partial charge in [-0.2, -0.15) is 0 Å². The molecule has 11 heteroatoms. The van der Waals surface area contributed by atoms with Crippen LogP contribution in [-0.2, 0) is 24.0 Å². The lowest BCUT2D eigenvalue weighted by Crippen LogP contribution is -2.57. The standard InChI is InChI=1S/C19H35N5O6/c1-6-10(4)15(21)18(28)23-12(8-14(20)25)17(27)22-11(5)16(26)24-13(19(29)30)7-9(2)3/h9-13,15H,6-8,21H2,1-5H3,(H2,20,25)(H,22,27)(H,23,28)(H,24,26)(H,29,30). The Hall–Kier alpha value is -2.69. The maximum atomic E-state index is 12.5. The van der Waals surface area contributed by atoms with Crippen LogP contribution >= 0.6 is 0 Å². The first-order valence-electron chi connectivity index (χ1n) is 9.97. The summed E-state index contributed by atoms with van der Waals surface area (Å²) in [6, 6.07) is -4.41. The molecule has 0 aromatic carbocycles. The van der Waals surface area contributed by atoms with E-state index in [0.29, 0.717) is 6.42 Å². The summed E-state index contributed by atoms with van der Waals surface area (Å²) in [4.78, 5) is 59.7. The minimum atomic E-state index is -1.31. The molecule has 4 amide bonds. The van der Waals surface area contributed by atoms with Gasteiger partial charge in [0.2, 0.25) is 23.6 Å². The minimum absolute atomic E-state index is 0.0289. The van der Waals surface area contributed by atoms with Crippen molar-refractivity contribution in [3.05, 3.63) is 0 Å². The Labute approximate surface area is 176 Å². The monoisotopic (exact) mass is 429 g/mol. The number of aliphatic carboxylic acids is 1. The maximum absolute atomic E-state index is 12.5. The molecule has 172 valence electrons. The molecule has 0 saturated carbocycles. The summed E-state index contributed by atoms with van der Waals surface area (Å²) in [7, 11) is 0. The van der Waals surface area contributed by atoms with Crippen molar-refractivity contribution < 1.29 is 29.1 Å². The Balaban J connectivity index is 5.12. The number of rotatable bonds is 13. The zero-order valence-electron chi connectivity index (χ0n) is 18.2. The van der Waals surface area contributed by atoms with E-state index in [9.17, 15) is 29.1 Å². The number of carboxylic acid groups (broad SMARTS) is 1. The third kappa shape index (κ3) is 9.68. The molecule has 5 unspecified atom stereocenters. The Bertz CT molecular complexity index is 639. The van der Waals surface area contributed by atoms with Gasteiger partial charge in [0, 0.05) is 0 Å². The molecule has 30 heavy (non-hydrogen) atoms. The summed E-state index contributed by atoms with van der Waals surface area (Å²) in [5.41, 5.74) is 11.0. The van der Waals surface area contributed by atoms with Gasteiger partial charge in [0.1, 0.15) is 18.1 Å². The third-order valence-corrected chi connectivity index (χ3v) is 4.67. The molecule has 0 saturated heterocycles. The van der Waals surface area contributed by atoms with Crippen molar-refractivity contribution in [1.82, 2.24) is 16.0 Å². The van der Waals surface area contributed by atoms with Crippen molar-refractivity contribution in [1.29, 1.82) is 0 Å². The van der Waals surface area contributed by atoms with Crippen LogP contribution < -0.4 is 27.4 Å². The zero-order chi connectivity index (χ0) is 23.6. The highest BCUT2D eigenvalue weighted by atomic mass is 16.4. The molecule has 8 N–H and O–H groups in total. The Morgan fingerprint density at radius 3 is 1.83 bits per heavy atom. The summed E-state index contributed by atoms with van der Waals surface area (Å²) in [6.45, 7) is 8.61. The summed E-state index contributed by atoms with van der Waals surface area (Å²) in [5, 5.41) is 16.3. The quantitative estimate of drug-likeness (QED) is 0.212. The van der Waals surface area contributed by atoms with Crippen molar-refractivity contribution in [2.75, 3.05) is 0 Å². The lowest BCUT2D eigenvalue weighted by molar-refractivity contribution is -0.142. The van der Waals surface area contributed by atoms with E-state index in [-0.39, 0.29) is 18.3 Å². The molecule has 0 aromatic heterocycles. The SMILES string of the molecule is CCC(C)C(N)C(=O)NC(CC(N)=O)C(=O)NC(C)C(=O)NC(CC(C)C)C(=O)O. The van der Waals surface area contributed by atoms with E-state index in [1.807, 2.05) is 20.8 Å². The van der Waals surface area contributed by atoms with Gasteiger partial charge < -0.3 is 32.5 Å². The van der Waals surface area contributed by atoms with Gasteiger partial charge in [-0.15, -0.1) is 0 Å². The normalized spacial score (nSPS) is 16.0. The second-order valence-corrected chi connectivity index (χ2v) is 7.90. The van der Waals surface area contributed by atoms with Crippen LogP contribution in [-0.4, -0.2) is 58.9 Å². The largest absolute Gasteiger partial charge is 0.480 e. The predicted molar refractivity (Wildman–Crippen MR) is 110 cm³/mol. The molecule has 0 heterocycles. The lowest BCUT2D eigenvalue weighted by Gasteiger charge is -2.24. The molecule has 0 spiro atoms. The Morgan fingerprint density at radius 2 is 1.40 bits per heavy atom. The number of carbonyl (C=O) groups excluding carboxylic acids is 4. The number of carbonyl (C=O) groups is 5.